The van der Waals surface area contributed by atoms with E-state index in [1.807, 2.05) is 31.2 Å². The quantitative estimate of drug-likeness (QED) is 0.885. The molecule has 1 amide bonds. The van der Waals surface area contributed by atoms with Crippen LogP contribution in [0.2, 0.25) is 0 Å². The highest BCUT2D eigenvalue weighted by Gasteiger charge is 2.06. The summed E-state index contributed by atoms with van der Waals surface area (Å²) in [5.41, 5.74) is 1.80. The summed E-state index contributed by atoms with van der Waals surface area (Å²) in [6.07, 6.45) is 0. The third-order valence-corrected chi connectivity index (χ3v) is 2.53. The number of carbonyl (C=O) groups is 1. The average Bonchev–Trinajstić information content (AvgIpc) is 2.38. The van der Waals surface area contributed by atoms with Crippen LogP contribution in [0.5, 0.6) is 11.5 Å². The van der Waals surface area contributed by atoms with Crippen LogP contribution < -0.4 is 10.1 Å². The molecule has 0 unspecified atom stereocenters. The summed E-state index contributed by atoms with van der Waals surface area (Å²) in [7, 11) is 0. The van der Waals surface area contributed by atoms with Gasteiger partial charge in [0.05, 0.1) is 0 Å². The lowest BCUT2D eigenvalue weighted by molar-refractivity contribution is -0.118. The van der Waals surface area contributed by atoms with Crippen molar-refractivity contribution in [3.05, 3.63) is 54.1 Å². The van der Waals surface area contributed by atoms with Gasteiger partial charge in [-0.2, -0.15) is 0 Å². The maximum atomic E-state index is 11.7. The van der Waals surface area contributed by atoms with Gasteiger partial charge in [-0.15, -0.1) is 0 Å². The topological polar surface area (TPSA) is 58.6 Å². The van der Waals surface area contributed by atoms with Crippen LogP contribution in [0.15, 0.2) is 48.5 Å². The molecule has 0 fully saturated rings. The molecule has 0 saturated carbocycles. The average molecular weight is 257 g/mol. The van der Waals surface area contributed by atoms with E-state index in [-0.39, 0.29) is 18.3 Å². The predicted octanol–water partition coefficient (Wildman–Crippen LogP) is 2.72. The first-order valence-corrected chi connectivity index (χ1v) is 5.92. The zero-order valence-electron chi connectivity index (χ0n) is 10.6. The molecule has 98 valence electrons. The molecule has 0 aromatic heterocycles. The number of aryl methyl sites for hydroxylation is 1. The molecule has 0 saturated heterocycles. The number of phenolic OH excluding ortho intramolecular Hbond substituents is 1. The van der Waals surface area contributed by atoms with Crippen LogP contribution >= 0.6 is 0 Å². The molecular formula is C15H15NO3. The van der Waals surface area contributed by atoms with Gasteiger partial charge in [-0.1, -0.05) is 24.3 Å². The molecule has 0 aliphatic heterocycles. The van der Waals surface area contributed by atoms with E-state index in [1.54, 1.807) is 18.2 Å². The van der Waals surface area contributed by atoms with Gasteiger partial charge in [0.1, 0.15) is 0 Å². The van der Waals surface area contributed by atoms with Crippen molar-refractivity contribution < 1.29 is 14.6 Å². The predicted molar refractivity (Wildman–Crippen MR) is 73.4 cm³/mol. The molecule has 0 radical (unpaired) electrons. The van der Waals surface area contributed by atoms with Crippen molar-refractivity contribution in [1.82, 2.24) is 0 Å². The van der Waals surface area contributed by atoms with Crippen molar-refractivity contribution in [3.8, 4) is 11.5 Å². The zero-order valence-corrected chi connectivity index (χ0v) is 10.6. The molecule has 0 atom stereocenters. The molecule has 0 aliphatic rings. The fraction of sp³-hybridized carbons (Fsp3) is 0.133. The van der Waals surface area contributed by atoms with E-state index >= 15 is 0 Å². The van der Waals surface area contributed by atoms with Gasteiger partial charge in [0, 0.05) is 5.69 Å². The number of benzene rings is 2. The lowest BCUT2D eigenvalue weighted by Crippen LogP contribution is -2.20. The smallest absolute Gasteiger partial charge is 0.262 e. The molecule has 0 spiro atoms. The molecule has 2 N–H and O–H groups in total. The molecule has 4 heteroatoms. The highest BCUT2D eigenvalue weighted by molar-refractivity contribution is 5.91. The number of anilines is 1. The number of nitrogens with one attached hydrogen (secondary N) is 1. The largest absolute Gasteiger partial charge is 0.504 e. The SMILES string of the molecule is Cc1cccc(NC(=O)COc2ccccc2O)c1. The number of ether oxygens (including phenoxy) is 1. The van der Waals surface area contributed by atoms with Crippen LogP contribution in [-0.2, 0) is 4.79 Å². The molecule has 0 aliphatic carbocycles. The number of phenols is 1. The molecule has 2 rings (SSSR count). The number of rotatable bonds is 4. The minimum absolute atomic E-state index is 0.0193. The summed E-state index contributed by atoms with van der Waals surface area (Å²) in [5, 5.41) is 12.2. The summed E-state index contributed by atoms with van der Waals surface area (Å²) in [4.78, 5) is 11.7. The summed E-state index contributed by atoms with van der Waals surface area (Å²) >= 11 is 0. The third kappa shape index (κ3) is 3.74. The van der Waals surface area contributed by atoms with Crippen molar-refractivity contribution >= 4 is 11.6 Å². The van der Waals surface area contributed by atoms with Crippen LogP contribution in [0.3, 0.4) is 0 Å². The minimum Gasteiger partial charge on any atom is -0.504 e. The lowest BCUT2D eigenvalue weighted by Gasteiger charge is -2.08. The van der Waals surface area contributed by atoms with E-state index in [1.165, 1.54) is 6.07 Å². The Hall–Kier alpha value is -2.49. The normalized spacial score (nSPS) is 9.95. The minimum atomic E-state index is -0.270. The van der Waals surface area contributed by atoms with Gasteiger partial charge < -0.3 is 15.2 Å². The van der Waals surface area contributed by atoms with Crippen molar-refractivity contribution in [2.75, 3.05) is 11.9 Å². The van der Waals surface area contributed by atoms with E-state index in [4.69, 9.17) is 4.74 Å². The molecular weight excluding hydrogens is 242 g/mol. The fourth-order valence-electron chi connectivity index (χ4n) is 1.64. The first-order chi connectivity index (χ1) is 9.15. The van der Waals surface area contributed by atoms with Gasteiger partial charge in [-0.3, -0.25) is 4.79 Å². The number of aromatic hydroxyl groups is 1. The number of para-hydroxylation sites is 2. The van der Waals surface area contributed by atoms with Crippen LogP contribution in [-0.4, -0.2) is 17.6 Å². The van der Waals surface area contributed by atoms with Crippen molar-refractivity contribution in [2.45, 2.75) is 6.92 Å². The van der Waals surface area contributed by atoms with Crippen LogP contribution in [0, 0.1) is 6.92 Å². The van der Waals surface area contributed by atoms with Crippen molar-refractivity contribution in [2.24, 2.45) is 0 Å². The van der Waals surface area contributed by atoms with E-state index in [2.05, 4.69) is 5.32 Å². The Morgan fingerprint density at radius 3 is 2.74 bits per heavy atom. The summed E-state index contributed by atoms with van der Waals surface area (Å²) in [6.45, 7) is 1.81. The van der Waals surface area contributed by atoms with Crippen LogP contribution in [0.4, 0.5) is 5.69 Å². The highest BCUT2D eigenvalue weighted by atomic mass is 16.5. The Kier molecular flexibility index (Phi) is 4.03. The molecule has 0 bridgehead atoms. The third-order valence-electron chi connectivity index (χ3n) is 2.53. The van der Waals surface area contributed by atoms with E-state index < -0.39 is 0 Å². The van der Waals surface area contributed by atoms with Gasteiger partial charge in [0.15, 0.2) is 18.1 Å². The van der Waals surface area contributed by atoms with Gasteiger partial charge in [-0.25, -0.2) is 0 Å². The van der Waals surface area contributed by atoms with Gasteiger partial charge in [-0.05, 0) is 36.8 Å². The number of hydrogen-bond donors (Lipinski definition) is 2. The fourth-order valence-corrected chi connectivity index (χ4v) is 1.64. The number of amides is 1. The number of carbonyl (C=O) groups excluding carboxylic acids is 1. The Balaban J connectivity index is 1.90. The van der Waals surface area contributed by atoms with Crippen LogP contribution in [0.1, 0.15) is 5.56 Å². The van der Waals surface area contributed by atoms with Crippen molar-refractivity contribution in [1.29, 1.82) is 0 Å². The zero-order chi connectivity index (χ0) is 13.7. The first-order valence-electron chi connectivity index (χ1n) is 5.92. The standard InChI is InChI=1S/C15H15NO3/c1-11-5-4-6-12(9-11)16-15(18)10-19-14-8-3-2-7-13(14)17/h2-9,17H,10H2,1H3,(H,16,18). The Morgan fingerprint density at radius 1 is 1.21 bits per heavy atom. The Labute approximate surface area is 111 Å². The van der Waals surface area contributed by atoms with Gasteiger partial charge in [0.25, 0.3) is 5.91 Å². The number of hydrogen-bond acceptors (Lipinski definition) is 3. The van der Waals surface area contributed by atoms with Crippen molar-refractivity contribution in [3.63, 3.8) is 0 Å². The molecule has 19 heavy (non-hydrogen) atoms. The maximum Gasteiger partial charge on any atom is 0.262 e. The maximum absolute atomic E-state index is 11.7. The second-order valence-electron chi connectivity index (χ2n) is 4.17. The summed E-state index contributed by atoms with van der Waals surface area (Å²) in [6, 6.07) is 14.0. The Morgan fingerprint density at radius 2 is 2.00 bits per heavy atom. The van der Waals surface area contributed by atoms with Crippen LogP contribution in [0.25, 0.3) is 0 Å². The molecule has 4 nitrogen and oxygen atoms in total. The Bertz CT molecular complexity index is 581. The molecule has 0 heterocycles. The van der Waals surface area contributed by atoms with E-state index in [9.17, 15) is 9.90 Å². The van der Waals surface area contributed by atoms with Gasteiger partial charge in [0.2, 0.25) is 0 Å². The molecule has 2 aromatic rings. The van der Waals surface area contributed by atoms with E-state index in [0.29, 0.717) is 5.75 Å². The van der Waals surface area contributed by atoms with Gasteiger partial charge >= 0.3 is 0 Å². The lowest BCUT2D eigenvalue weighted by atomic mass is 10.2. The summed E-state index contributed by atoms with van der Waals surface area (Å²) in [5.74, 6) is 0.0431. The highest BCUT2D eigenvalue weighted by Crippen LogP contribution is 2.24. The molecule has 2 aromatic carbocycles. The first kappa shape index (κ1) is 13.0. The van der Waals surface area contributed by atoms with E-state index in [0.717, 1.165) is 11.3 Å². The second kappa shape index (κ2) is 5.91. The second-order valence-corrected chi connectivity index (χ2v) is 4.17. The summed E-state index contributed by atoms with van der Waals surface area (Å²) < 4.78 is 5.24. The monoisotopic (exact) mass is 257 g/mol.